The van der Waals surface area contributed by atoms with E-state index in [0.29, 0.717) is 5.75 Å². The molecule has 0 aromatic heterocycles. The number of hydrogen-bond donors (Lipinski definition) is 3. The second-order valence-corrected chi connectivity index (χ2v) is 7.33. The summed E-state index contributed by atoms with van der Waals surface area (Å²) in [6, 6.07) is 17.8. The number of anilines is 1. The quantitative estimate of drug-likeness (QED) is 0.763. The van der Waals surface area contributed by atoms with E-state index >= 15 is 0 Å². The molecule has 146 valence electrons. The average Bonchev–Trinajstić information content (AvgIpc) is 3.09. The molecule has 6 heteroatoms. The third-order valence-corrected chi connectivity index (χ3v) is 5.45. The summed E-state index contributed by atoms with van der Waals surface area (Å²) in [6.45, 7) is 4.07. The van der Waals surface area contributed by atoms with E-state index in [0.717, 1.165) is 16.8 Å². The summed E-state index contributed by atoms with van der Waals surface area (Å²) in [7, 11) is 1.63. The van der Waals surface area contributed by atoms with Crippen molar-refractivity contribution in [3.63, 3.8) is 0 Å². The molecule has 4 unspecified atom stereocenters. The van der Waals surface area contributed by atoms with E-state index < -0.39 is 0 Å². The minimum atomic E-state index is -0.287. The van der Waals surface area contributed by atoms with Crippen LogP contribution in [0.15, 0.2) is 60.2 Å². The van der Waals surface area contributed by atoms with Crippen LogP contribution in [0.25, 0.3) is 6.08 Å². The average molecular weight is 378 g/mol. The maximum atomic E-state index is 13.6. The van der Waals surface area contributed by atoms with Gasteiger partial charge in [-0.3, -0.25) is 20.4 Å². The van der Waals surface area contributed by atoms with Crippen LogP contribution < -0.4 is 25.8 Å². The number of nitrogens with zero attached hydrogens (tertiary/aromatic N) is 1. The summed E-state index contributed by atoms with van der Waals surface area (Å²) in [5.41, 5.74) is 9.33. The van der Waals surface area contributed by atoms with Gasteiger partial charge < -0.3 is 4.74 Å². The Morgan fingerprint density at radius 3 is 2.54 bits per heavy atom. The third kappa shape index (κ3) is 3.30. The number of carbonyl (C=O) groups is 1. The second kappa shape index (κ2) is 7.75. The Bertz CT molecular complexity index is 883. The van der Waals surface area contributed by atoms with Gasteiger partial charge in [-0.05, 0) is 37.1 Å². The van der Waals surface area contributed by atoms with Gasteiger partial charge in [-0.25, -0.2) is 5.43 Å². The fourth-order valence-electron chi connectivity index (χ4n) is 4.04. The van der Waals surface area contributed by atoms with Crippen LogP contribution >= 0.6 is 0 Å². The minimum Gasteiger partial charge on any atom is -0.495 e. The first-order valence-corrected chi connectivity index (χ1v) is 9.56. The van der Waals surface area contributed by atoms with Crippen LogP contribution in [-0.2, 0) is 4.79 Å². The zero-order valence-corrected chi connectivity index (χ0v) is 16.3. The molecule has 4 atom stereocenters. The SMILES string of the molecule is COc1ccccc1N1C(=O)C2C(C)NNC2NC1/C(C)=C/c1ccccc1. The Kier molecular flexibility index (Phi) is 5.17. The van der Waals surface area contributed by atoms with Crippen molar-refractivity contribution < 1.29 is 9.53 Å². The molecule has 2 aliphatic heterocycles. The molecule has 2 aromatic rings. The van der Waals surface area contributed by atoms with Crippen LogP contribution in [-0.4, -0.2) is 31.4 Å². The Morgan fingerprint density at radius 2 is 1.79 bits per heavy atom. The van der Waals surface area contributed by atoms with Crippen LogP contribution in [0.4, 0.5) is 5.69 Å². The molecule has 0 aliphatic carbocycles. The molecular weight excluding hydrogens is 352 g/mol. The highest BCUT2D eigenvalue weighted by Gasteiger charge is 2.48. The number of hydrazine groups is 1. The number of methoxy groups -OCH3 is 1. The molecule has 6 nitrogen and oxygen atoms in total. The number of hydrogen-bond acceptors (Lipinski definition) is 5. The topological polar surface area (TPSA) is 65.6 Å². The maximum Gasteiger partial charge on any atom is 0.236 e. The summed E-state index contributed by atoms with van der Waals surface area (Å²) in [6.07, 6.45) is 1.70. The Morgan fingerprint density at radius 1 is 1.07 bits per heavy atom. The predicted molar refractivity (Wildman–Crippen MR) is 111 cm³/mol. The lowest BCUT2D eigenvalue weighted by atomic mass is 9.93. The normalized spacial score (nSPS) is 27.6. The van der Waals surface area contributed by atoms with Crippen LogP contribution in [0.2, 0.25) is 0 Å². The maximum absolute atomic E-state index is 13.6. The van der Waals surface area contributed by atoms with E-state index in [9.17, 15) is 4.79 Å². The number of carbonyl (C=O) groups excluding carboxylic acids is 1. The first-order chi connectivity index (χ1) is 13.6. The highest BCUT2D eigenvalue weighted by molar-refractivity contribution is 5.99. The first-order valence-electron chi connectivity index (χ1n) is 9.56. The minimum absolute atomic E-state index is 0.0292. The Balaban J connectivity index is 1.77. The Hall–Kier alpha value is -2.67. The van der Waals surface area contributed by atoms with E-state index in [1.54, 1.807) is 7.11 Å². The zero-order chi connectivity index (χ0) is 19.7. The van der Waals surface area contributed by atoms with Gasteiger partial charge in [0.2, 0.25) is 5.91 Å². The molecule has 28 heavy (non-hydrogen) atoms. The lowest BCUT2D eigenvalue weighted by Crippen LogP contribution is -2.65. The predicted octanol–water partition coefficient (Wildman–Crippen LogP) is 2.50. The van der Waals surface area contributed by atoms with Crippen molar-refractivity contribution in [3.8, 4) is 5.75 Å². The Labute approximate surface area is 165 Å². The molecular formula is C22H26N4O2. The van der Waals surface area contributed by atoms with E-state index in [1.807, 2.05) is 61.2 Å². The van der Waals surface area contributed by atoms with Gasteiger partial charge in [0.15, 0.2) is 0 Å². The fourth-order valence-corrected chi connectivity index (χ4v) is 4.04. The zero-order valence-electron chi connectivity index (χ0n) is 16.3. The van der Waals surface area contributed by atoms with Crippen LogP contribution in [0.5, 0.6) is 5.75 Å². The van der Waals surface area contributed by atoms with Gasteiger partial charge in [-0.15, -0.1) is 0 Å². The van der Waals surface area contributed by atoms with E-state index in [2.05, 4.69) is 34.4 Å². The molecule has 2 fully saturated rings. The number of nitrogens with one attached hydrogen (secondary N) is 3. The summed E-state index contributed by atoms with van der Waals surface area (Å²) >= 11 is 0. The second-order valence-electron chi connectivity index (χ2n) is 7.33. The van der Waals surface area contributed by atoms with Gasteiger partial charge in [0.1, 0.15) is 11.9 Å². The number of ether oxygens (including phenoxy) is 1. The standard InChI is InChI=1S/C22H26N4O2/c1-14(13-16-9-5-4-6-10-16)21-23-20-19(15(2)24-25-20)22(27)26(21)17-11-7-8-12-18(17)28-3/h4-13,15,19-21,23-25H,1-3H3/b14-13+. The highest BCUT2D eigenvalue weighted by Crippen LogP contribution is 2.36. The lowest BCUT2D eigenvalue weighted by molar-refractivity contribution is -0.125. The van der Waals surface area contributed by atoms with Crippen molar-refractivity contribution in [3.05, 3.63) is 65.7 Å². The molecule has 0 spiro atoms. The van der Waals surface area contributed by atoms with Gasteiger partial charge in [-0.1, -0.05) is 48.5 Å². The molecule has 2 aliphatic rings. The van der Waals surface area contributed by atoms with Crippen molar-refractivity contribution in [2.24, 2.45) is 5.92 Å². The smallest absolute Gasteiger partial charge is 0.236 e. The molecule has 2 heterocycles. The molecule has 1 amide bonds. The molecule has 0 bridgehead atoms. The van der Waals surface area contributed by atoms with E-state index in [-0.39, 0.29) is 30.2 Å². The first kappa shape index (κ1) is 18.7. The summed E-state index contributed by atoms with van der Waals surface area (Å²) < 4.78 is 5.56. The molecule has 3 N–H and O–H groups in total. The van der Waals surface area contributed by atoms with Crippen LogP contribution in [0, 0.1) is 5.92 Å². The fraction of sp³-hybridized carbons (Fsp3) is 0.318. The van der Waals surface area contributed by atoms with Crippen molar-refractivity contribution in [1.82, 2.24) is 16.2 Å². The largest absolute Gasteiger partial charge is 0.495 e. The van der Waals surface area contributed by atoms with E-state index in [1.165, 1.54) is 0 Å². The van der Waals surface area contributed by atoms with Gasteiger partial charge >= 0.3 is 0 Å². The summed E-state index contributed by atoms with van der Waals surface area (Å²) in [4.78, 5) is 15.4. The van der Waals surface area contributed by atoms with Crippen molar-refractivity contribution in [1.29, 1.82) is 0 Å². The molecule has 0 saturated carbocycles. The monoisotopic (exact) mass is 378 g/mol. The number of rotatable bonds is 4. The number of amides is 1. The molecule has 4 rings (SSSR count). The van der Waals surface area contributed by atoms with Crippen molar-refractivity contribution >= 4 is 17.7 Å². The number of fused-ring (bicyclic) bond motifs is 1. The third-order valence-electron chi connectivity index (χ3n) is 5.45. The van der Waals surface area contributed by atoms with Gasteiger partial charge in [0.05, 0.1) is 24.9 Å². The van der Waals surface area contributed by atoms with E-state index in [4.69, 9.17) is 4.74 Å². The highest BCUT2D eigenvalue weighted by atomic mass is 16.5. The van der Waals surface area contributed by atoms with Crippen LogP contribution in [0.1, 0.15) is 19.4 Å². The molecule has 2 aromatic carbocycles. The van der Waals surface area contributed by atoms with Gasteiger partial charge in [-0.2, -0.15) is 0 Å². The van der Waals surface area contributed by atoms with Gasteiger partial charge in [0, 0.05) is 6.04 Å². The van der Waals surface area contributed by atoms with Crippen molar-refractivity contribution in [2.75, 3.05) is 12.0 Å². The summed E-state index contributed by atoms with van der Waals surface area (Å²) in [5, 5.41) is 3.60. The molecule has 0 radical (unpaired) electrons. The van der Waals surface area contributed by atoms with Crippen molar-refractivity contribution in [2.45, 2.75) is 32.2 Å². The number of para-hydroxylation sites is 2. The van der Waals surface area contributed by atoms with Gasteiger partial charge in [0.25, 0.3) is 0 Å². The number of benzene rings is 2. The van der Waals surface area contributed by atoms with Crippen LogP contribution in [0.3, 0.4) is 0 Å². The summed E-state index contributed by atoms with van der Waals surface area (Å²) in [5.74, 6) is 0.551. The molecule has 2 saturated heterocycles. The lowest BCUT2D eigenvalue weighted by Gasteiger charge is -2.43.